The van der Waals surface area contributed by atoms with Crippen LogP contribution in [0.4, 0.5) is 136 Å². The topological polar surface area (TPSA) is 412 Å². The van der Waals surface area contributed by atoms with E-state index in [1.807, 2.05) is 40.7 Å². The molecule has 0 saturated heterocycles. The van der Waals surface area contributed by atoms with Crippen LogP contribution < -0.4 is 56.8 Å². The fourth-order valence-electron chi connectivity index (χ4n) is 11.4. The van der Waals surface area contributed by atoms with E-state index in [4.69, 9.17) is 17.3 Å². The SMILES string of the molecule is C=CCc1cnc2c(c1)C(=O)N(C)c1ccc(F)nc1N2CC.CCN1c2nc(F)ccc2NC(=O)c2cc(Br)cnc21.CCN1c2ncc(Br)cc2C(=O)N(C)c2ccc(F)nc21.CCNc1nc(F)ccc1N.CCNc1nc(F)ccc1NC(=O)c1cc(Br)cnc1Cl.CCNc1nc(F)ccc1[N+](=O)[O-].Fc1cccc(F)n1.O=[N+]([O-])c1ccc(F)nc1F. The third-order valence-electron chi connectivity index (χ3n) is 17.0. The molecule has 3 aliphatic rings. The number of halogens is 14. The zero-order valence-electron chi connectivity index (χ0n) is 68.3. The lowest BCUT2D eigenvalue weighted by molar-refractivity contribution is -0.388. The molecule has 0 aromatic carbocycles. The number of fused-ring (bicyclic) bond motifs is 6. The van der Waals surface area contributed by atoms with Crippen LogP contribution in [0, 0.1) is 79.7 Å². The summed E-state index contributed by atoms with van der Waals surface area (Å²) in [5.41, 5.74) is 9.30. The summed E-state index contributed by atoms with van der Waals surface area (Å²) in [7, 11) is 3.30. The zero-order chi connectivity index (χ0) is 93.9. The lowest BCUT2D eigenvalue weighted by atomic mass is 10.1. The predicted octanol–water partition coefficient (Wildman–Crippen LogP) is 18.5. The number of nitro groups is 2. The second-order valence-corrected chi connectivity index (χ2v) is 28.6. The average Bonchev–Trinajstić information content (AvgIpc) is 1.62. The first-order valence-corrected chi connectivity index (χ1v) is 40.3. The van der Waals surface area contributed by atoms with Crippen LogP contribution in [-0.4, -0.2) is 147 Å². The molecule has 0 spiro atoms. The predicted molar refractivity (Wildman–Crippen MR) is 472 cm³/mol. The van der Waals surface area contributed by atoms with Crippen molar-refractivity contribution in [3.63, 3.8) is 0 Å². The van der Waals surface area contributed by atoms with Crippen molar-refractivity contribution in [2.75, 3.05) is 110 Å². The number of hydrogen-bond acceptors (Lipinski definition) is 27. The summed E-state index contributed by atoms with van der Waals surface area (Å²) in [4.78, 5) is 122. The summed E-state index contributed by atoms with van der Waals surface area (Å²) in [5, 5.41) is 34.1. The summed E-state index contributed by atoms with van der Waals surface area (Å²) in [5.74, 6) is -5.66. The number of nitrogens with one attached hydrogen (secondary N) is 5. The van der Waals surface area contributed by atoms with Crippen LogP contribution in [0.25, 0.3) is 0 Å². The fraction of sp³-hybridized carbons (Fsp3) is 0.185. The summed E-state index contributed by atoms with van der Waals surface area (Å²) in [6, 6.07) is 27.3. The van der Waals surface area contributed by atoms with Gasteiger partial charge in [0.1, 0.15) is 22.6 Å². The Balaban J connectivity index is 0.000000185. The average molecular weight is 1990 g/mol. The lowest BCUT2D eigenvalue weighted by Gasteiger charge is -2.22. The van der Waals surface area contributed by atoms with Crippen LogP contribution in [0.5, 0.6) is 0 Å². The quantitative estimate of drug-likeness (QED) is 0.0182. The van der Waals surface area contributed by atoms with Gasteiger partial charge in [0, 0.05) is 116 Å². The van der Waals surface area contributed by atoms with Gasteiger partial charge in [-0.2, -0.15) is 73.8 Å². The number of nitrogen functional groups attached to an aromatic ring is 1. The van der Waals surface area contributed by atoms with Crippen LogP contribution in [0.2, 0.25) is 5.15 Å². The van der Waals surface area contributed by atoms with Gasteiger partial charge in [0.2, 0.25) is 59.3 Å². The Morgan fingerprint density at radius 2 is 0.891 bits per heavy atom. The van der Waals surface area contributed by atoms with Gasteiger partial charge in [-0.1, -0.05) is 23.7 Å². The van der Waals surface area contributed by atoms with Gasteiger partial charge in [-0.3, -0.25) is 39.4 Å². The van der Waals surface area contributed by atoms with E-state index in [9.17, 15) is 83.3 Å². The number of allylic oxidation sites excluding steroid dienone is 1. The van der Waals surface area contributed by atoms with Gasteiger partial charge >= 0.3 is 11.4 Å². The Morgan fingerprint density at radius 3 is 1.40 bits per heavy atom. The van der Waals surface area contributed by atoms with Crippen molar-refractivity contribution in [3.05, 3.63) is 291 Å². The van der Waals surface area contributed by atoms with Gasteiger partial charge in [-0.05, 0) is 198 Å². The second-order valence-electron chi connectivity index (χ2n) is 25.5. The standard InChI is InChI=1S/C17H17FN4O.C14H12BrFN4O.C13H11BrClFN4O.C13H10BrFN4O.C7H8FN3O2.C7H10FN3.C5H2F2N2O2.C5H3F2N/c1-4-6-11-9-12-15(19-10-11)22(5-2)16-13(21(3)17(12)23)7-8-14(18)20-16;1-3-20-12-9(6-8(15)7-17-12)14(21)19(2)10-4-5-11(16)18-13(10)20;1-2-17-12-9(3-4-10(16)20-12)19-13(21)8-5-7(14)6-18-11(8)15;1-2-19-11-8(5-7(14)6-16-11)13(20)17-9-3-4-10(15)18-12(9)19;1-2-9-7-5(11(12)13)3-4-6(8)10-7;1-2-10-7-5(9)3-4-6(8)11-7;6-4-2-1-3(9(10)11)5(7)8-4;6-4-2-1-3-5(7)8-4/h4,7-10H,1,5-6H2,2-3H3;4-7H,3H2,1-2H3;3-6H,2H2,1H3,(H,17,20)(H,19,21);3-6H,2H2,1H3,(H,17,20);3-4H,2H2,1H3,(H,9,10);3-4H,2,9H2,1H3,(H,10,11);1-2H;1-3H. The van der Waals surface area contributed by atoms with Gasteiger partial charge in [-0.15, -0.1) is 6.58 Å². The summed E-state index contributed by atoms with van der Waals surface area (Å²) >= 11 is 15.7. The number of nitrogens with two attached hydrogens (primary N) is 1. The first-order valence-electron chi connectivity index (χ1n) is 37.6. The van der Waals surface area contributed by atoms with Gasteiger partial charge in [0.15, 0.2) is 29.1 Å². The Bertz CT molecular complexity index is 6060. The van der Waals surface area contributed by atoms with Crippen molar-refractivity contribution >= 4 is 175 Å². The zero-order valence-corrected chi connectivity index (χ0v) is 73.8. The van der Waals surface area contributed by atoms with Crippen molar-refractivity contribution in [1.29, 1.82) is 0 Å². The molecule has 0 aliphatic carbocycles. The van der Waals surface area contributed by atoms with E-state index in [0.717, 1.165) is 48.0 Å². The molecular weight excluding hydrogens is 1920 g/mol. The number of pyridine rings is 12. The molecule has 0 atom stereocenters. The number of hydrogen-bond donors (Lipinski definition) is 6. The maximum Gasteiger partial charge on any atom is 0.324 e. The van der Waals surface area contributed by atoms with Crippen molar-refractivity contribution in [3.8, 4) is 0 Å². The van der Waals surface area contributed by atoms with Crippen LogP contribution in [0.3, 0.4) is 0 Å². The molecule has 3 aliphatic heterocycles. The second kappa shape index (κ2) is 46.7. The third kappa shape index (κ3) is 26.2. The molecule has 33 nitrogen and oxygen atoms in total. The minimum Gasteiger partial charge on any atom is -0.396 e. The minimum absolute atomic E-state index is 0.0347. The van der Waals surface area contributed by atoms with E-state index in [0.29, 0.717) is 145 Å². The molecule has 7 N–H and O–H groups in total. The molecule has 47 heteroatoms. The van der Waals surface area contributed by atoms with Gasteiger partial charge in [0.05, 0.1) is 60.5 Å². The van der Waals surface area contributed by atoms with Crippen LogP contribution >= 0.6 is 59.4 Å². The molecule has 15 heterocycles. The fourth-order valence-corrected chi connectivity index (χ4v) is 12.6. The van der Waals surface area contributed by atoms with Crippen molar-refractivity contribution in [2.24, 2.45) is 0 Å². The van der Waals surface area contributed by atoms with E-state index < -0.39 is 80.9 Å². The van der Waals surface area contributed by atoms with E-state index in [-0.39, 0.29) is 45.8 Å². The molecule has 668 valence electrons. The van der Waals surface area contributed by atoms with Crippen molar-refractivity contribution in [1.82, 2.24) is 59.8 Å². The first kappa shape index (κ1) is 99.3. The maximum atomic E-state index is 13.6. The van der Waals surface area contributed by atoms with Crippen LogP contribution in [-0.2, 0) is 6.42 Å². The Labute approximate surface area is 752 Å². The molecule has 128 heavy (non-hydrogen) atoms. The molecule has 4 amide bonds. The van der Waals surface area contributed by atoms with E-state index in [1.165, 1.54) is 64.5 Å². The highest BCUT2D eigenvalue weighted by Gasteiger charge is 2.34. The monoisotopic (exact) mass is 1990 g/mol. The van der Waals surface area contributed by atoms with Gasteiger partial charge in [0.25, 0.3) is 29.6 Å². The van der Waals surface area contributed by atoms with Crippen LogP contribution in [0.15, 0.2) is 178 Å². The van der Waals surface area contributed by atoms with Crippen molar-refractivity contribution in [2.45, 2.75) is 48.0 Å². The highest BCUT2D eigenvalue weighted by atomic mass is 79.9. The lowest BCUT2D eigenvalue weighted by Crippen LogP contribution is -2.25. The van der Waals surface area contributed by atoms with Crippen molar-refractivity contribution < 1.29 is 72.9 Å². The highest BCUT2D eigenvalue weighted by molar-refractivity contribution is 9.11. The van der Waals surface area contributed by atoms with Crippen LogP contribution in [0.1, 0.15) is 88.5 Å². The Hall–Kier alpha value is -14.2. The Kier molecular flexibility index (Phi) is 36.2. The molecule has 0 saturated carbocycles. The summed E-state index contributed by atoms with van der Waals surface area (Å²) in [6.07, 6.45) is 8.79. The molecule has 15 rings (SSSR count). The molecule has 0 bridgehead atoms. The largest absolute Gasteiger partial charge is 0.396 e. The molecule has 12 aromatic heterocycles. The molecule has 0 radical (unpaired) electrons. The third-order valence-corrected chi connectivity index (χ3v) is 18.6. The number of amides is 4. The molecule has 12 aromatic rings. The molecule has 0 fully saturated rings. The molecular formula is C81H73Br3ClF10N25O8. The van der Waals surface area contributed by atoms with Gasteiger partial charge < -0.3 is 56.8 Å². The van der Waals surface area contributed by atoms with E-state index in [2.05, 4.69) is 141 Å². The normalized spacial score (nSPS) is 11.7. The molecule has 0 unspecified atom stereocenters. The number of aromatic nitrogens is 12. The first-order chi connectivity index (χ1) is 61.0. The smallest absolute Gasteiger partial charge is 0.324 e. The van der Waals surface area contributed by atoms with E-state index >= 15 is 0 Å². The summed E-state index contributed by atoms with van der Waals surface area (Å²) < 4.78 is 129. The maximum absolute atomic E-state index is 13.6. The number of anilines is 14. The highest BCUT2D eigenvalue weighted by Crippen LogP contribution is 2.41. The van der Waals surface area contributed by atoms with E-state index in [1.54, 1.807) is 90.7 Å². The van der Waals surface area contributed by atoms with Gasteiger partial charge in [-0.25, -0.2) is 29.9 Å². The number of nitrogens with zero attached hydrogens (tertiary/aromatic N) is 19. The number of carbonyl (C=O) groups is 4. The summed E-state index contributed by atoms with van der Waals surface area (Å²) in [6.45, 7) is 18.1. The number of carbonyl (C=O) groups excluding carboxylic acids is 4. The Morgan fingerprint density at radius 1 is 0.484 bits per heavy atom. The minimum atomic E-state index is -1.41. The number of rotatable bonds is 15.